The number of carbonyl (C=O) groups excluding carboxylic acids is 1. The van der Waals surface area contributed by atoms with Gasteiger partial charge in [0.1, 0.15) is 11.6 Å². The highest BCUT2D eigenvalue weighted by molar-refractivity contribution is 5.86. The molecule has 0 bridgehead atoms. The molecule has 1 amide bonds. The number of carbonyl (C=O) groups is 1. The van der Waals surface area contributed by atoms with Gasteiger partial charge in [0.15, 0.2) is 5.60 Å². The molecule has 0 unspecified atom stereocenters. The van der Waals surface area contributed by atoms with E-state index in [1.165, 1.54) is 23.6 Å². The molecule has 0 saturated carbocycles. The minimum absolute atomic E-state index is 0.119. The molecule has 2 aromatic carbocycles. The molecule has 1 heterocycles. The largest absolute Gasteiger partial charge is 0.497 e. The molecule has 6 heteroatoms. The van der Waals surface area contributed by atoms with Gasteiger partial charge in [-0.2, -0.15) is 0 Å². The number of ether oxygens (including phenoxy) is 1. The summed E-state index contributed by atoms with van der Waals surface area (Å²) in [5, 5.41) is 14.1. The molecule has 0 radical (unpaired) electrons. The minimum atomic E-state index is -1.45. The fourth-order valence-corrected chi connectivity index (χ4v) is 3.56. The smallest absolute Gasteiger partial charge is 0.256 e. The Kier molecular flexibility index (Phi) is 6.65. The number of aliphatic hydroxyl groups is 1. The van der Waals surface area contributed by atoms with E-state index in [0.29, 0.717) is 37.2 Å². The molecular formula is C22H27FN2O3. The molecular weight excluding hydrogens is 359 g/mol. The lowest BCUT2D eigenvalue weighted by Crippen LogP contribution is -2.57. The summed E-state index contributed by atoms with van der Waals surface area (Å²) < 4.78 is 19.3. The van der Waals surface area contributed by atoms with Crippen molar-refractivity contribution in [3.05, 3.63) is 65.5 Å². The van der Waals surface area contributed by atoms with Crippen molar-refractivity contribution >= 4 is 5.91 Å². The third kappa shape index (κ3) is 4.88. The van der Waals surface area contributed by atoms with Gasteiger partial charge < -0.3 is 20.1 Å². The van der Waals surface area contributed by atoms with Crippen LogP contribution in [0.2, 0.25) is 0 Å². The predicted molar refractivity (Wildman–Crippen MR) is 106 cm³/mol. The van der Waals surface area contributed by atoms with Gasteiger partial charge in [-0.15, -0.1) is 0 Å². The van der Waals surface area contributed by atoms with E-state index in [-0.39, 0.29) is 24.8 Å². The SMILES string of the molecule is COc1ccc(F)c(CN2CCC[C@](O)(CNCCc3ccccc3)C2=O)c1. The summed E-state index contributed by atoms with van der Waals surface area (Å²) in [5.41, 5.74) is 0.130. The van der Waals surface area contributed by atoms with Gasteiger partial charge in [0.2, 0.25) is 0 Å². The molecule has 2 aromatic rings. The van der Waals surface area contributed by atoms with Gasteiger partial charge in [0.25, 0.3) is 5.91 Å². The highest BCUT2D eigenvalue weighted by Gasteiger charge is 2.41. The van der Waals surface area contributed by atoms with Gasteiger partial charge in [0.05, 0.1) is 7.11 Å². The second-order valence-electron chi connectivity index (χ2n) is 7.23. The van der Waals surface area contributed by atoms with E-state index in [2.05, 4.69) is 5.32 Å². The van der Waals surface area contributed by atoms with E-state index in [9.17, 15) is 14.3 Å². The molecule has 1 aliphatic rings. The fraction of sp³-hybridized carbons (Fsp3) is 0.409. The first-order valence-corrected chi connectivity index (χ1v) is 9.61. The molecule has 1 aliphatic heterocycles. The van der Waals surface area contributed by atoms with E-state index in [1.807, 2.05) is 30.3 Å². The monoisotopic (exact) mass is 386 g/mol. The van der Waals surface area contributed by atoms with Crippen LogP contribution in [-0.4, -0.2) is 48.3 Å². The lowest BCUT2D eigenvalue weighted by molar-refractivity contribution is -0.157. The zero-order valence-corrected chi connectivity index (χ0v) is 16.2. The lowest BCUT2D eigenvalue weighted by Gasteiger charge is -2.38. The Morgan fingerprint density at radius 2 is 2.04 bits per heavy atom. The molecule has 28 heavy (non-hydrogen) atoms. The van der Waals surface area contributed by atoms with Crippen LogP contribution in [0.25, 0.3) is 0 Å². The van der Waals surface area contributed by atoms with Gasteiger partial charge in [-0.1, -0.05) is 30.3 Å². The number of nitrogens with zero attached hydrogens (tertiary/aromatic N) is 1. The Labute approximate surface area is 165 Å². The summed E-state index contributed by atoms with van der Waals surface area (Å²) in [7, 11) is 1.52. The third-order valence-electron chi connectivity index (χ3n) is 5.17. The maximum Gasteiger partial charge on any atom is 0.256 e. The standard InChI is InChI=1S/C22H27FN2O3/c1-28-19-8-9-20(23)18(14-19)15-25-13-5-11-22(27,21(25)26)16-24-12-10-17-6-3-2-4-7-17/h2-4,6-9,14,24,27H,5,10-13,15-16H2,1H3/t22-/m0/s1. The van der Waals surface area contributed by atoms with Crippen LogP contribution in [0.1, 0.15) is 24.0 Å². The number of amides is 1. The number of methoxy groups -OCH3 is 1. The van der Waals surface area contributed by atoms with Crippen molar-refractivity contribution in [3.8, 4) is 5.75 Å². The van der Waals surface area contributed by atoms with Gasteiger partial charge >= 0.3 is 0 Å². The molecule has 1 fully saturated rings. The van der Waals surface area contributed by atoms with Crippen LogP contribution >= 0.6 is 0 Å². The number of benzene rings is 2. The highest BCUT2D eigenvalue weighted by atomic mass is 19.1. The summed E-state index contributed by atoms with van der Waals surface area (Å²) in [5.74, 6) is -0.199. The highest BCUT2D eigenvalue weighted by Crippen LogP contribution is 2.25. The summed E-state index contributed by atoms with van der Waals surface area (Å²) in [6.07, 6.45) is 1.90. The Balaban J connectivity index is 1.58. The number of hydrogen-bond donors (Lipinski definition) is 2. The summed E-state index contributed by atoms with van der Waals surface area (Å²) in [6, 6.07) is 14.5. The zero-order valence-electron chi connectivity index (χ0n) is 16.2. The molecule has 0 spiro atoms. The number of hydrogen-bond acceptors (Lipinski definition) is 4. The van der Waals surface area contributed by atoms with E-state index in [4.69, 9.17) is 4.74 Å². The van der Waals surface area contributed by atoms with Crippen molar-refractivity contribution in [1.82, 2.24) is 10.2 Å². The van der Waals surface area contributed by atoms with Gasteiger partial charge in [0, 0.05) is 25.2 Å². The zero-order chi connectivity index (χ0) is 20.0. The number of piperidine rings is 1. The molecule has 1 saturated heterocycles. The van der Waals surface area contributed by atoms with Crippen molar-refractivity contribution in [2.24, 2.45) is 0 Å². The van der Waals surface area contributed by atoms with Crippen LogP contribution in [0.4, 0.5) is 4.39 Å². The first-order chi connectivity index (χ1) is 13.5. The van der Waals surface area contributed by atoms with Crippen LogP contribution in [0.15, 0.2) is 48.5 Å². The maximum absolute atomic E-state index is 14.1. The van der Waals surface area contributed by atoms with Crippen molar-refractivity contribution in [1.29, 1.82) is 0 Å². The predicted octanol–water partition coefficient (Wildman–Crippen LogP) is 2.52. The Hall–Kier alpha value is -2.44. The number of likely N-dealkylation sites (tertiary alicyclic amines) is 1. The minimum Gasteiger partial charge on any atom is -0.497 e. The number of rotatable bonds is 8. The summed E-state index contributed by atoms with van der Waals surface area (Å²) in [6.45, 7) is 1.48. The average Bonchev–Trinajstić information content (AvgIpc) is 2.71. The lowest BCUT2D eigenvalue weighted by atomic mass is 9.91. The molecule has 0 aromatic heterocycles. The third-order valence-corrected chi connectivity index (χ3v) is 5.17. The molecule has 3 rings (SSSR count). The van der Waals surface area contributed by atoms with Crippen LogP contribution in [-0.2, 0) is 17.8 Å². The summed E-state index contributed by atoms with van der Waals surface area (Å²) >= 11 is 0. The summed E-state index contributed by atoms with van der Waals surface area (Å²) in [4.78, 5) is 14.4. The topological polar surface area (TPSA) is 61.8 Å². The van der Waals surface area contributed by atoms with Gasteiger partial charge in [-0.05, 0) is 49.6 Å². The molecule has 5 nitrogen and oxygen atoms in total. The quantitative estimate of drug-likeness (QED) is 0.685. The maximum atomic E-state index is 14.1. The second kappa shape index (κ2) is 9.17. The average molecular weight is 386 g/mol. The molecule has 150 valence electrons. The van der Waals surface area contributed by atoms with Crippen molar-refractivity contribution < 1.29 is 19.0 Å². The Morgan fingerprint density at radius 1 is 1.25 bits per heavy atom. The normalized spacial score (nSPS) is 19.7. The van der Waals surface area contributed by atoms with Crippen molar-refractivity contribution in [2.75, 3.05) is 26.7 Å². The van der Waals surface area contributed by atoms with Crippen molar-refractivity contribution in [3.63, 3.8) is 0 Å². The Bertz CT molecular complexity index is 800. The molecule has 1 atom stereocenters. The first kappa shape index (κ1) is 20.3. The van der Waals surface area contributed by atoms with Gasteiger partial charge in [-0.25, -0.2) is 4.39 Å². The Morgan fingerprint density at radius 3 is 2.79 bits per heavy atom. The molecule has 0 aliphatic carbocycles. The number of halogens is 1. The van der Waals surface area contributed by atoms with Crippen LogP contribution in [0, 0.1) is 5.82 Å². The first-order valence-electron chi connectivity index (χ1n) is 9.61. The van der Waals surface area contributed by atoms with E-state index < -0.39 is 5.60 Å². The van der Waals surface area contributed by atoms with Crippen molar-refractivity contribution in [2.45, 2.75) is 31.4 Å². The van der Waals surface area contributed by atoms with Gasteiger partial charge in [-0.3, -0.25) is 4.79 Å². The van der Waals surface area contributed by atoms with E-state index in [0.717, 1.165) is 6.42 Å². The molecule has 2 N–H and O–H groups in total. The van der Waals surface area contributed by atoms with E-state index in [1.54, 1.807) is 12.1 Å². The second-order valence-corrected chi connectivity index (χ2v) is 7.23. The number of nitrogens with one attached hydrogen (secondary N) is 1. The van der Waals surface area contributed by atoms with Crippen LogP contribution < -0.4 is 10.1 Å². The van der Waals surface area contributed by atoms with Crippen LogP contribution in [0.5, 0.6) is 5.75 Å². The fourth-order valence-electron chi connectivity index (χ4n) is 3.56. The van der Waals surface area contributed by atoms with Crippen LogP contribution in [0.3, 0.4) is 0 Å². The van der Waals surface area contributed by atoms with E-state index >= 15 is 0 Å².